The molecule has 0 spiro atoms. The molecular formula is C46H92N2O6P+. The Hall–Kier alpha value is -1.02. The lowest BCUT2D eigenvalue weighted by Gasteiger charge is -2.25. The molecule has 0 fully saturated rings. The standard InChI is InChI=1S/C46H91N2O6P/c1-6-8-10-12-14-15-16-17-18-19-20-21-22-23-24-25-26-27-28-29-30-31-32-33-34-35-37-39-45(49)44(47-46(50)40-38-36-13-11-9-7-2)43-54-55(51,52)53-42-41-48(3,4)5/h32-33,37,39,44-45,49H,6-31,34-36,38,40-43H2,1-5H3,(H-,47,50,51,52)/p+1/b33-32+,39-37+. The summed E-state index contributed by atoms with van der Waals surface area (Å²) in [7, 11) is 1.56. The van der Waals surface area contributed by atoms with Crippen LogP contribution in [0.15, 0.2) is 24.3 Å². The van der Waals surface area contributed by atoms with Crippen LogP contribution in [0.1, 0.15) is 213 Å². The van der Waals surface area contributed by atoms with Crippen LogP contribution >= 0.6 is 7.82 Å². The number of nitrogens with one attached hydrogen (secondary N) is 1. The third-order valence-electron chi connectivity index (χ3n) is 10.4. The van der Waals surface area contributed by atoms with Gasteiger partial charge in [-0.05, 0) is 32.1 Å². The van der Waals surface area contributed by atoms with Crippen LogP contribution in [0.3, 0.4) is 0 Å². The van der Waals surface area contributed by atoms with Gasteiger partial charge in [-0.1, -0.05) is 199 Å². The summed E-state index contributed by atoms with van der Waals surface area (Å²) in [5.74, 6) is -0.196. The summed E-state index contributed by atoms with van der Waals surface area (Å²) in [4.78, 5) is 22.9. The van der Waals surface area contributed by atoms with Crippen molar-refractivity contribution in [2.24, 2.45) is 0 Å². The zero-order chi connectivity index (χ0) is 40.7. The minimum absolute atomic E-state index is 0.0575. The van der Waals surface area contributed by atoms with E-state index in [-0.39, 0.29) is 19.1 Å². The molecule has 0 aromatic carbocycles. The van der Waals surface area contributed by atoms with Gasteiger partial charge in [-0.25, -0.2) is 4.57 Å². The fourth-order valence-corrected chi connectivity index (χ4v) is 7.44. The monoisotopic (exact) mass is 800 g/mol. The summed E-state index contributed by atoms with van der Waals surface area (Å²) in [6, 6.07) is -0.856. The lowest BCUT2D eigenvalue weighted by molar-refractivity contribution is -0.870. The number of hydrogen-bond acceptors (Lipinski definition) is 5. The van der Waals surface area contributed by atoms with E-state index in [0.29, 0.717) is 17.4 Å². The second kappa shape index (κ2) is 38.5. The minimum Gasteiger partial charge on any atom is -0.387 e. The van der Waals surface area contributed by atoms with Gasteiger partial charge < -0.3 is 19.8 Å². The summed E-state index contributed by atoms with van der Waals surface area (Å²) < 4.78 is 23.4. The van der Waals surface area contributed by atoms with Gasteiger partial charge in [0, 0.05) is 6.42 Å². The average Bonchev–Trinajstić information content (AvgIpc) is 3.13. The fourth-order valence-electron chi connectivity index (χ4n) is 6.70. The van der Waals surface area contributed by atoms with Crippen molar-refractivity contribution in [3.8, 4) is 0 Å². The van der Waals surface area contributed by atoms with E-state index in [1.807, 2.05) is 27.2 Å². The maximum Gasteiger partial charge on any atom is 0.472 e. The van der Waals surface area contributed by atoms with Crippen LogP contribution in [0.4, 0.5) is 0 Å². The first-order valence-corrected chi connectivity index (χ1v) is 24.7. The van der Waals surface area contributed by atoms with Crippen LogP contribution in [0, 0.1) is 0 Å². The number of amides is 1. The van der Waals surface area contributed by atoms with Crippen molar-refractivity contribution in [1.29, 1.82) is 0 Å². The Morgan fingerprint density at radius 2 is 1.00 bits per heavy atom. The molecule has 55 heavy (non-hydrogen) atoms. The number of hydrogen-bond donors (Lipinski definition) is 3. The molecule has 0 rings (SSSR count). The Balaban J connectivity index is 4.10. The van der Waals surface area contributed by atoms with Crippen LogP contribution < -0.4 is 5.32 Å². The summed E-state index contributed by atoms with van der Waals surface area (Å²) in [6.45, 7) is 4.73. The van der Waals surface area contributed by atoms with Crippen molar-refractivity contribution in [1.82, 2.24) is 5.32 Å². The Labute approximate surface area is 341 Å². The molecule has 326 valence electrons. The van der Waals surface area contributed by atoms with E-state index >= 15 is 0 Å². The van der Waals surface area contributed by atoms with Gasteiger partial charge in [-0.15, -0.1) is 0 Å². The molecule has 0 aliphatic carbocycles. The van der Waals surface area contributed by atoms with Gasteiger partial charge in [0.05, 0.1) is 39.9 Å². The van der Waals surface area contributed by atoms with E-state index in [0.717, 1.165) is 38.5 Å². The molecule has 0 aliphatic rings. The van der Waals surface area contributed by atoms with Gasteiger partial charge in [0.15, 0.2) is 0 Å². The van der Waals surface area contributed by atoms with Crippen molar-refractivity contribution >= 4 is 13.7 Å². The highest BCUT2D eigenvalue weighted by atomic mass is 31.2. The van der Waals surface area contributed by atoms with E-state index in [2.05, 4.69) is 31.3 Å². The summed E-state index contributed by atoms with van der Waals surface area (Å²) in [5.41, 5.74) is 0. The van der Waals surface area contributed by atoms with Crippen molar-refractivity contribution in [3.63, 3.8) is 0 Å². The number of carbonyl (C=O) groups excluding carboxylic acids is 1. The number of nitrogens with zero attached hydrogens (tertiary/aromatic N) is 1. The first kappa shape index (κ1) is 54.0. The second-order valence-electron chi connectivity index (χ2n) is 17.1. The number of rotatable bonds is 42. The fraction of sp³-hybridized carbons (Fsp3) is 0.891. The summed E-state index contributed by atoms with van der Waals surface area (Å²) >= 11 is 0. The Kier molecular flexibility index (Phi) is 37.8. The van der Waals surface area contributed by atoms with Crippen LogP contribution in [-0.4, -0.2) is 73.4 Å². The predicted molar refractivity (Wildman–Crippen MR) is 235 cm³/mol. The van der Waals surface area contributed by atoms with Crippen molar-refractivity contribution < 1.29 is 32.9 Å². The molecule has 0 aliphatic heterocycles. The molecule has 0 aromatic heterocycles. The molecule has 0 radical (unpaired) electrons. The first-order chi connectivity index (χ1) is 26.5. The quantitative estimate of drug-likeness (QED) is 0.0246. The van der Waals surface area contributed by atoms with E-state index in [4.69, 9.17) is 9.05 Å². The maximum atomic E-state index is 12.7. The Bertz CT molecular complexity index is 953. The van der Waals surface area contributed by atoms with Gasteiger partial charge in [-0.2, -0.15) is 0 Å². The number of quaternary nitrogens is 1. The third-order valence-corrected chi connectivity index (χ3v) is 11.4. The Morgan fingerprint density at radius 3 is 1.45 bits per heavy atom. The molecule has 9 heteroatoms. The molecule has 1 amide bonds. The number of likely N-dealkylation sites (N-methyl/N-ethyl adjacent to an activating group) is 1. The largest absolute Gasteiger partial charge is 0.472 e. The van der Waals surface area contributed by atoms with Gasteiger partial charge in [0.2, 0.25) is 5.91 Å². The maximum absolute atomic E-state index is 12.7. The van der Waals surface area contributed by atoms with Crippen molar-refractivity contribution in [2.45, 2.75) is 225 Å². The van der Waals surface area contributed by atoms with Crippen LogP contribution in [0.5, 0.6) is 0 Å². The third kappa shape index (κ3) is 41.0. The highest BCUT2D eigenvalue weighted by Gasteiger charge is 2.27. The molecule has 0 bridgehead atoms. The lowest BCUT2D eigenvalue weighted by Crippen LogP contribution is -2.45. The van der Waals surface area contributed by atoms with Gasteiger partial charge in [0.1, 0.15) is 13.2 Å². The van der Waals surface area contributed by atoms with E-state index < -0.39 is 20.0 Å². The van der Waals surface area contributed by atoms with Crippen molar-refractivity contribution in [3.05, 3.63) is 24.3 Å². The number of allylic oxidation sites excluding steroid dienone is 3. The molecular weight excluding hydrogens is 707 g/mol. The van der Waals surface area contributed by atoms with Crippen molar-refractivity contribution in [2.75, 3.05) is 40.9 Å². The zero-order valence-corrected chi connectivity index (χ0v) is 37.8. The molecule has 0 saturated heterocycles. The van der Waals surface area contributed by atoms with Crippen LogP contribution in [-0.2, 0) is 18.4 Å². The topological polar surface area (TPSA) is 105 Å². The smallest absolute Gasteiger partial charge is 0.387 e. The highest BCUT2D eigenvalue weighted by molar-refractivity contribution is 7.47. The molecule has 3 atom stereocenters. The van der Waals surface area contributed by atoms with Gasteiger partial charge in [0.25, 0.3) is 0 Å². The van der Waals surface area contributed by atoms with E-state index in [9.17, 15) is 19.4 Å². The van der Waals surface area contributed by atoms with E-state index in [1.165, 1.54) is 154 Å². The van der Waals surface area contributed by atoms with Gasteiger partial charge >= 0.3 is 7.82 Å². The molecule has 8 nitrogen and oxygen atoms in total. The number of phosphoric ester groups is 1. The lowest BCUT2D eigenvalue weighted by atomic mass is 10.0. The number of aliphatic hydroxyl groups excluding tert-OH is 1. The number of unbranched alkanes of at least 4 members (excludes halogenated alkanes) is 27. The summed E-state index contributed by atoms with van der Waals surface area (Å²) in [5, 5.41) is 13.7. The molecule has 0 saturated carbocycles. The van der Waals surface area contributed by atoms with Crippen LogP contribution in [0.25, 0.3) is 0 Å². The normalized spacial score (nSPS) is 14.5. The predicted octanol–water partition coefficient (Wildman–Crippen LogP) is 12.9. The SMILES string of the molecule is CCCCCCCCCCCCCCCCCCCCCCC/C=C/CC/C=C/C(O)C(COP(=O)(O)OCC[N+](C)(C)C)NC(=O)CCCCCCCC. The number of carbonyl (C=O) groups is 1. The molecule has 3 unspecified atom stereocenters. The Morgan fingerprint density at radius 1 is 0.600 bits per heavy atom. The summed E-state index contributed by atoms with van der Waals surface area (Å²) in [6.07, 6.45) is 45.9. The van der Waals surface area contributed by atoms with E-state index in [1.54, 1.807) is 6.08 Å². The first-order valence-electron chi connectivity index (χ1n) is 23.2. The minimum atomic E-state index is -4.33. The van der Waals surface area contributed by atoms with Crippen LogP contribution in [0.2, 0.25) is 0 Å². The molecule has 0 heterocycles. The average molecular weight is 800 g/mol. The number of phosphoric acid groups is 1. The number of aliphatic hydroxyl groups is 1. The second-order valence-corrected chi connectivity index (χ2v) is 18.6. The molecule has 0 aromatic rings. The highest BCUT2D eigenvalue weighted by Crippen LogP contribution is 2.43. The van der Waals surface area contributed by atoms with Gasteiger partial charge in [-0.3, -0.25) is 13.8 Å². The molecule has 3 N–H and O–H groups in total. The zero-order valence-electron chi connectivity index (χ0n) is 36.9.